The fourth-order valence-corrected chi connectivity index (χ4v) is 4.08. The van der Waals surface area contributed by atoms with E-state index in [0.717, 1.165) is 38.7 Å². The van der Waals surface area contributed by atoms with Crippen molar-refractivity contribution in [3.8, 4) is 17.1 Å². The van der Waals surface area contributed by atoms with Gasteiger partial charge in [-0.05, 0) is 24.6 Å². The summed E-state index contributed by atoms with van der Waals surface area (Å²) in [4.78, 5) is 20.5. The lowest BCUT2D eigenvalue weighted by atomic mass is 10.0. The third kappa shape index (κ3) is 3.88. The number of nitrogens with zero attached hydrogens (tertiary/aromatic N) is 2. The third-order valence-corrected chi connectivity index (χ3v) is 5.54. The Kier molecular flexibility index (Phi) is 5.97. The largest absolute Gasteiger partial charge is 0.488 e. The van der Waals surface area contributed by atoms with Crippen LogP contribution in [-0.4, -0.2) is 34.8 Å². The minimum Gasteiger partial charge on any atom is -0.488 e. The summed E-state index contributed by atoms with van der Waals surface area (Å²) in [5, 5.41) is 5.87. The molecule has 2 aromatic carbocycles. The Morgan fingerprint density at radius 2 is 1.85 bits per heavy atom. The Bertz CT molecular complexity index is 1460. The first-order chi connectivity index (χ1) is 16.7. The number of carbonyl (C=O) groups is 1. The fraction of sp³-hybridized carbons (Fsp3) is 0.192. The van der Waals surface area contributed by atoms with Crippen LogP contribution >= 0.6 is 0 Å². The van der Waals surface area contributed by atoms with Gasteiger partial charge in [-0.15, -0.1) is 0 Å². The second-order valence-corrected chi connectivity index (χ2v) is 7.68. The predicted molar refractivity (Wildman–Crippen MR) is 127 cm³/mol. The highest BCUT2D eigenvalue weighted by molar-refractivity contribution is 6.13. The Morgan fingerprint density at radius 1 is 1.00 bits per heavy atom. The molecule has 0 fully saturated rings. The average Bonchev–Trinajstić information content (AvgIpc) is 3.49. The molecule has 0 aliphatic carbocycles. The number of methoxy groups -OCH3 is 1. The van der Waals surface area contributed by atoms with Crippen molar-refractivity contribution in [1.82, 2.24) is 15.1 Å². The van der Waals surface area contributed by atoms with Gasteiger partial charge in [-0.1, -0.05) is 41.6 Å². The van der Waals surface area contributed by atoms with Crippen LogP contribution in [0, 0.1) is 0 Å². The van der Waals surface area contributed by atoms with Crippen molar-refractivity contribution in [3.05, 3.63) is 77.7 Å². The molecule has 3 heterocycles. The minimum atomic E-state index is -0.519. The fourth-order valence-electron chi connectivity index (χ4n) is 4.08. The van der Waals surface area contributed by atoms with E-state index in [1.165, 1.54) is 6.26 Å². The van der Waals surface area contributed by atoms with E-state index >= 15 is 0 Å². The standard InChI is InChI=1S/C26H23N3O5/c1-3-32-26(30)18-15-34-29-25(18)24-17(14-31-2)22-20(12-27-24)28-19-10-7-11-21(23(19)22)33-13-16-8-5-4-6-9-16/h4-12,15,28H,3,13-14H2,1-2H3. The van der Waals surface area contributed by atoms with Crippen LogP contribution in [0.1, 0.15) is 28.4 Å². The second-order valence-electron chi connectivity index (χ2n) is 7.68. The van der Waals surface area contributed by atoms with Gasteiger partial charge in [0.05, 0.1) is 36.1 Å². The Balaban J connectivity index is 1.68. The molecule has 3 aromatic heterocycles. The van der Waals surface area contributed by atoms with Gasteiger partial charge >= 0.3 is 5.97 Å². The molecule has 0 unspecified atom stereocenters. The van der Waals surface area contributed by atoms with Crippen molar-refractivity contribution in [2.45, 2.75) is 20.1 Å². The summed E-state index contributed by atoms with van der Waals surface area (Å²) in [5.74, 6) is 0.211. The van der Waals surface area contributed by atoms with E-state index in [4.69, 9.17) is 18.7 Å². The van der Waals surface area contributed by atoms with E-state index in [9.17, 15) is 4.79 Å². The van der Waals surface area contributed by atoms with E-state index in [1.807, 2.05) is 48.5 Å². The molecule has 1 N–H and O–H groups in total. The van der Waals surface area contributed by atoms with E-state index in [2.05, 4.69) is 15.1 Å². The maximum atomic E-state index is 12.5. The molecule has 172 valence electrons. The maximum absolute atomic E-state index is 12.5. The first-order valence-electron chi connectivity index (χ1n) is 10.9. The van der Waals surface area contributed by atoms with Crippen LogP contribution in [0.15, 0.2) is 65.5 Å². The molecule has 0 saturated carbocycles. The Morgan fingerprint density at radius 3 is 2.65 bits per heavy atom. The lowest BCUT2D eigenvalue weighted by Gasteiger charge is -2.11. The molecule has 0 radical (unpaired) electrons. The summed E-state index contributed by atoms with van der Waals surface area (Å²) in [6.07, 6.45) is 2.99. The summed E-state index contributed by atoms with van der Waals surface area (Å²) < 4.78 is 22.1. The number of nitrogens with one attached hydrogen (secondary N) is 1. The molecule has 0 atom stereocenters. The highest BCUT2D eigenvalue weighted by Gasteiger charge is 2.25. The second kappa shape index (κ2) is 9.36. The highest BCUT2D eigenvalue weighted by atomic mass is 16.5. The molecule has 0 bridgehead atoms. The molecular formula is C26H23N3O5. The van der Waals surface area contributed by atoms with Crippen LogP contribution < -0.4 is 4.74 Å². The summed E-state index contributed by atoms with van der Waals surface area (Å²) in [6.45, 7) is 2.66. The quantitative estimate of drug-likeness (QED) is 0.317. The van der Waals surface area contributed by atoms with Crippen LogP contribution in [0.5, 0.6) is 5.75 Å². The van der Waals surface area contributed by atoms with Crippen molar-refractivity contribution >= 4 is 27.8 Å². The molecule has 0 amide bonds. The molecule has 34 heavy (non-hydrogen) atoms. The summed E-state index contributed by atoms with van der Waals surface area (Å²) in [7, 11) is 1.61. The summed E-state index contributed by atoms with van der Waals surface area (Å²) in [6, 6.07) is 15.9. The molecule has 8 heteroatoms. The Hall–Kier alpha value is -4.17. The number of carbonyl (C=O) groups excluding carboxylic acids is 1. The number of fused-ring (bicyclic) bond motifs is 3. The van der Waals surface area contributed by atoms with Crippen LogP contribution in [0.3, 0.4) is 0 Å². The summed E-state index contributed by atoms with van der Waals surface area (Å²) >= 11 is 0. The van der Waals surface area contributed by atoms with Crippen molar-refractivity contribution in [2.24, 2.45) is 0 Å². The zero-order chi connectivity index (χ0) is 23.5. The number of hydrogen-bond acceptors (Lipinski definition) is 7. The topological polar surface area (TPSA) is 99.5 Å². The lowest BCUT2D eigenvalue weighted by molar-refractivity contribution is 0.0526. The van der Waals surface area contributed by atoms with Crippen molar-refractivity contribution in [3.63, 3.8) is 0 Å². The number of aromatic nitrogens is 3. The normalized spacial score (nSPS) is 11.2. The zero-order valence-electron chi connectivity index (χ0n) is 18.8. The van der Waals surface area contributed by atoms with Crippen LogP contribution in [-0.2, 0) is 22.7 Å². The number of H-pyrrole nitrogens is 1. The minimum absolute atomic E-state index is 0.214. The number of ether oxygens (including phenoxy) is 3. The van der Waals surface area contributed by atoms with Crippen molar-refractivity contribution < 1.29 is 23.5 Å². The van der Waals surface area contributed by atoms with Gasteiger partial charge in [0.15, 0.2) is 0 Å². The molecular weight excluding hydrogens is 434 g/mol. The van der Waals surface area contributed by atoms with Crippen LogP contribution in [0.25, 0.3) is 33.2 Å². The molecule has 8 nitrogen and oxygen atoms in total. The van der Waals surface area contributed by atoms with Gasteiger partial charge in [-0.3, -0.25) is 4.98 Å². The lowest BCUT2D eigenvalue weighted by Crippen LogP contribution is -2.06. The predicted octanol–water partition coefficient (Wildman–Crippen LogP) is 5.27. The average molecular weight is 457 g/mol. The number of pyridine rings is 1. The number of esters is 1. The SMILES string of the molecule is CCOC(=O)c1conc1-c1ncc2[nH]c3cccc(OCc4ccccc4)c3c2c1COC. The molecule has 0 saturated heterocycles. The van der Waals surface area contributed by atoms with Gasteiger partial charge in [0.2, 0.25) is 0 Å². The molecule has 5 rings (SSSR count). The first-order valence-corrected chi connectivity index (χ1v) is 10.9. The van der Waals surface area contributed by atoms with Gasteiger partial charge < -0.3 is 23.7 Å². The number of rotatable bonds is 8. The number of hydrogen-bond donors (Lipinski definition) is 1. The zero-order valence-corrected chi connectivity index (χ0v) is 18.8. The smallest absolute Gasteiger partial charge is 0.343 e. The van der Waals surface area contributed by atoms with E-state index < -0.39 is 5.97 Å². The molecule has 0 spiro atoms. The first kappa shape index (κ1) is 21.7. The van der Waals surface area contributed by atoms with Gasteiger partial charge in [0.25, 0.3) is 0 Å². The number of benzene rings is 2. The van der Waals surface area contributed by atoms with Gasteiger partial charge in [0, 0.05) is 23.4 Å². The maximum Gasteiger partial charge on any atom is 0.343 e. The summed E-state index contributed by atoms with van der Waals surface area (Å²) in [5.41, 5.74) is 4.58. The Labute approximate surface area is 195 Å². The van der Waals surface area contributed by atoms with Gasteiger partial charge in [-0.2, -0.15) is 0 Å². The van der Waals surface area contributed by atoms with E-state index in [-0.39, 0.29) is 18.8 Å². The third-order valence-electron chi connectivity index (χ3n) is 5.54. The van der Waals surface area contributed by atoms with Gasteiger partial charge in [0.1, 0.15) is 29.9 Å². The van der Waals surface area contributed by atoms with Crippen LogP contribution in [0.4, 0.5) is 0 Å². The van der Waals surface area contributed by atoms with E-state index in [0.29, 0.717) is 18.0 Å². The van der Waals surface area contributed by atoms with Gasteiger partial charge in [-0.25, -0.2) is 4.79 Å². The monoisotopic (exact) mass is 457 g/mol. The van der Waals surface area contributed by atoms with Crippen LogP contribution in [0.2, 0.25) is 0 Å². The molecule has 0 aliphatic heterocycles. The van der Waals surface area contributed by atoms with Crippen molar-refractivity contribution in [1.29, 1.82) is 0 Å². The molecule has 0 aliphatic rings. The number of aromatic amines is 1. The van der Waals surface area contributed by atoms with E-state index in [1.54, 1.807) is 20.2 Å². The molecule has 5 aromatic rings. The highest BCUT2D eigenvalue weighted by Crippen LogP contribution is 2.39. The van der Waals surface area contributed by atoms with Crippen molar-refractivity contribution in [2.75, 3.05) is 13.7 Å².